The van der Waals surface area contributed by atoms with Crippen LogP contribution in [0.5, 0.6) is 5.75 Å². The van der Waals surface area contributed by atoms with Crippen LogP contribution in [-0.2, 0) is 6.61 Å². The maximum atomic E-state index is 5.90. The predicted molar refractivity (Wildman–Crippen MR) is 75.8 cm³/mol. The Bertz CT molecular complexity index is 541. The molecule has 0 spiro atoms. The third-order valence-corrected chi connectivity index (χ3v) is 3.19. The van der Waals surface area contributed by atoms with Crippen LogP contribution in [0.1, 0.15) is 22.3 Å². The van der Waals surface area contributed by atoms with Gasteiger partial charge in [-0.05, 0) is 55.2 Å². The number of anilines is 1. The summed E-state index contributed by atoms with van der Waals surface area (Å²) in [7, 11) is 0. The number of rotatable bonds is 3. The molecule has 2 heteroatoms. The van der Waals surface area contributed by atoms with Crippen molar-refractivity contribution < 1.29 is 4.74 Å². The number of ether oxygens (including phenoxy) is 1. The average Bonchev–Trinajstić information content (AvgIpc) is 2.33. The smallest absolute Gasteiger partial charge is 0.142 e. The molecule has 2 aromatic carbocycles. The lowest BCUT2D eigenvalue weighted by Gasteiger charge is -2.13. The van der Waals surface area contributed by atoms with E-state index in [1.807, 2.05) is 25.1 Å². The lowest BCUT2D eigenvalue weighted by Crippen LogP contribution is -2.02. The molecule has 2 N–H and O–H groups in total. The fourth-order valence-electron chi connectivity index (χ4n) is 1.99. The van der Waals surface area contributed by atoms with Gasteiger partial charge in [-0.3, -0.25) is 0 Å². The van der Waals surface area contributed by atoms with Gasteiger partial charge in [0, 0.05) is 0 Å². The van der Waals surface area contributed by atoms with Crippen molar-refractivity contribution in [2.45, 2.75) is 27.4 Å². The summed E-state index contributed by atoms with van der Waals surface area (Å²) < 4.78 is 5.84. The number of aryl methyl sites for hydroxylation is 3. The second-order valence-corrected chi connectivity index (χ2v) is 4.70. The van der Waals surface area contributed by atoms with E-state index in [0.29, 0.717) is 12.3 Å². The van der Waals surface area contributed by atoms with Gasteiger partial charge in [0.1, 0.15) is 12.4 Å². The summed E-state index contributed by atoms with van der Waals surface area (Å²) in [4.78, 5) is 0. The van der Waals surface area contributed by atoms with Crippen LogP contribution < -0.4 is 10.5 Å². The zero-order chi connectivity index (χ0) is 13.1. The molecule has 0 fully saturated rings. The fraction of sp³-hybridized carbons (Fsp3) is 0.250. The summed E-state index contributed by atoms with van der Waals surface area (Å²) in [5.74, 6) is 0.762. The van der Waals surface area contributed by atoms with Gasteiger partial charge < -0.3 is 10.5 Å². The van der Waals surface area contributed by atoms with E-state index in [0.717, 1.165) is 11.3 Å². The second kappa shape index (κ2) is 5.13. The van der Waals surface area contributed by atoms with Gasteiger partial charge in [0.05, 0.1) is 5.69 Å². The molecule has 0 aliphatic carbocycles. The molecule has 0 radical (unpaired) electrons. The summed E-state index contributed by atoms with van der Waals surface area (Å²) in [6, 6.07) is 12.1. The molecule has 0 amide bonds. The highest BCUT2D eigenvalue weighted by Gasteiger charge is 2.05. The Hall–Kier alpha value is -1.96. The van der Waals surface area contributed by atoms with Gasteiger partial charge >= 0.3 is 0 Å². The van der Waals surface area contributed by atoms with Crippen LogP contribution in [0.15, 0.2) is 36.4 Å². The minimum absolute atomic E-state index is 0.562. The van der Waals surface area contributed by atoms with Gasteiger partial charge in [-0.25, -0.2) is 0 Å². The zero-order valence-electron chi connectivity index (χ0n) is 11.2. The van der Waals surface area contributed by atoms with Gasteiger partial charge in [0.2, 0.25) is 0 Å². The summed E-state index contributed by atoms with van der Waals surface area (Å²) in [5.41, 5.74) is 11.5. The van der Waals surface area contributed by atoms with Crippen molar-refractivity contribution in [3.63, 3.8) is 0 Å². The molecule has 0 saturated heterocycles. The lowest BCUT2D eigenvalue weighted by molar-refractivity contribution is 0.306. The molecule has 0 saturated carbocycles. The summed E-state index contributed by atoms with van der Waals surface area (Å²) >= 11 is 0. The number of hydrogen-bond acceptors (Lipinski definition) is 2. The van der Waals surface area contributed by atoms with Crippen LogP contribution in [0.2, 0.25) is 0 Å². The van der Waals surface area contributed by atoms with Crippen molar-refractivity contribution in [2.24, 2.45) is 0 Å². The fourth-order valence-corrected chi connectivity index (χ4v) is 1.99. The van der Waals surface area contributed by atoms with Crippen LogP contribution in [0.25, 0.3) is 0 Å². The van der Waals surface area contributed by atoms with E-state index in [9.17, 15) is 0 Å². The third-order valence-electron chi connectivity index (χ3n) is 3.19. The van der Waals surface area contributed by atoms with Gasteiger partial charge in [-0.2, -0.15) is 0 Å². The molecule has 0 aromatic heterocycles. The van der Waals surface area contributed by atoms with Crippen LogP contribution in [0, 0.1) is 20.8 Å². The highest BCUT2D eigenvalue weighted by atomic mass is 16.5. The van der Waals surface area contributed by atoms with Crippen LogP contribution in [-0.4, -0.2) is 0 Å². The lowest BCUT2D eigenvalue weighted by atomic mass is 10.0. The van der Waals surface area contributed by atoms with Crippen molar-refractivity contribution in [2.75, 3.05) is 5.73 Å². The van der Waals surface area contributed by atoms with Crippen molar-refractivity contribution in [3.05, 3.63) is 58.7 Å². The normalized spacial score (nSPS) is 10.4. The Morgan fingerprint density at radius 2 is 1.67 bits per heavy atom. The summed E-state index contributed by atoms with van der Waals surface area (Å²) in [5, 5.41) is 0. The first-order valence-electron chi connectivity index (χ1n) is 6.12. The monoisotopic (exact) mass is 241 g/mol. The maximum Gasteiger partial charge on any atom is 0.142 e. The molecular weight excluding hydrogens is 222 g/mol. The predicted octanol–water partition coefficient (Wildman–Crippen LogP) is 3.77. The number of benzene rings is 2. The number of nitrogen functional groups attached to an aromatic ring is 1. The van der Waals surface area contributed by atoms with Crippen molar-refractivity contribution in [3.8, 4) is 5.75 Å². The van der Waals surface area contributed by atoms with Gasteiger partial charge in [-0.15, -0.1) is 0 Å². The summed E-state index contributed by atoms with van der Waals surface area (Å²) in [6.45, 7) is 6.80. The van der Waals surface area contributed by atoms with E-state index < -0.39 is 0 Å². The van der Waals surface area contributed by atoms with Gasteiger partial charge in [0.15, 0.2) is 0 Å². The first-order valence-corrected chi connectivity index (χ1v) is 6.12. The van der Waals surface area contributed by atoms with E-state index in [2.05, 4.69) is 32.0 Å². The highest BCUT2D eigenvalue weighted by Crippen LogP contribution is 2.24. The third kappa shape index (κ3) is 2.65. The minimum atomic E-state index is 0.562. The quantitative estimate of drug-likeness (QED) is 0.830. The van der Waals surface area contributed by atoms with E-state index in [1.54, 1.807) is 0 Å². The van der Waals surface area contributed by atoms with Crippen LogP contribution in [0.4, 0.5) is 5.69 Å². The largest absolute Gasteiger partial charge is 0.487 e. The summed E-state index contributed by atoms with van der Waals surface area (Å²) in [6.07, 6.45) is 0. The van der Waals surface area contributed by atoms with E-state index in [4.69, 9.17) is 10.5 Å². The van der Waals surface area contributed by atoms with Crippen LogP contribution >= 0.6 is 0 Å². The Morgan fingerprint density at radius 3 is 2.33 bits per heavy atom. The molecule has 2 rings (SSSR count). The maximum absolute atomic E-state index is 5.90. The second-order valence-electron chi connectivity index (χ2n) is 4.70. The Morgan fingerprint density at radius 1 is 1.00 bits per heavy atom. The highest BCUT2D eigenvalue weighted by molar-refractivity contribution is 5.53. The standard InChI is InChI=1S/C16H19NO/c1-11-7-8-15(17)16(9-11)18-10-14-12(2)5-4-6-13(14)3/h4-9H,10,17H2,1-3H3. The Labute approximate surface area is 108 Å². The van der Waals surface area contributed by atoms with Crippen molar-refractivity contribution >= 4 is 5.69 Å². The molecule has 2 aromatic rings. The van der Waals surface area contributed by atoms with Gasteiger partial charge in [-0.1, -0.05) is 24.3 Å². The molecular formula is C16H19NO. The number of nitrogens with two attached hydrogens (primary N) is 1. The molecule has 0 atom stereocenters. The Kier molecular flexibility index (Phi) is 3.56. The van der Waals surface area contributed by atoms with E-state index in [1.165, 1.54) is 16.7 Å². The topological polar surface area (TPSA) is 35.2 Å². The van der Waals surface area contributed by atoms with Crippen LogP contribution in [0.3, 0.4) is 0 Å². The molecule has 18 heavy (non-hydrogen) atoms. The SMILES string of the molecule is Cc1ccc(N)c(OCc2c(C)cccc2C)c1. The Balaban J connectivity index is 2.19. The van der Waals surface area contributed by atoms with E-state index in [-0.39, 0.29) is 0 Å². The molecule has 0 unspecified atom stereocenters. The molecule has 94 valence electrons. The molecule has 2 nitrogen and oxygen atoms in total. The minimum Gasteiger partial charge on any atom is -0.487 e. The number of hydrogen-bond donors (Lipinski definition) is 1. The first-order chi connectivity index (χ1) is 8.58. The van der Waals surface area contributed by atoms with E-state index >= 15 is 0 Å². The van der Waals surface area contributed by atoms with Gasteiger partial charge in [0.25, 0.3) is 0 Å². The zero-order valence-corrected chi connectivity index (χ0v) is 11.2. The molecule has 0 heterocycles. The average molecular weight is 241 g/mol. The molecule has 0 aliphatic rings. The van der Waals surface area contributed by atoms with Crippen molar-refractivity contribution in [1.82, 2.24) is 0 Å². The van der Waals surface area contributed by atoms with Crippen molar-refractivity contribution in [1.29, 1.82) is 0 Å². The molecule has 0 bridgehead atoms. The first kappa shape index (κ1) is 12.5. The molecule has 0 aliphatic heterocycles.